The van der Waals surface area contributed by atoms with Gasteiger partial charge in [-0.2, -0.15) is 4.98 Å². The quantitative estimate of drug-likeness (QED) is 0.591. The third kappa shape index (κ3) is 5.44. The Kier molecular flexibility index (Phi) is 6.43. The summed E-state index contributed by atoms with van der Waals surface area (Å²) in [7, 11) is -1.19. The fourth-order valence-corrected chi connectivity index (χ4v) is 5.72. The average Bonchev–Trinajstić information content (AvgIpc) is 3.68. The van der Waals surface area contributed by atoms with Crippen LogP contribution in [-0.4, -0.2) is 61.2 Å². The van der Waals surface area contributed by atoms with E-state index in [0.29, 0.717) is 34.9 Å². The molecule has 2 aromatic rings. The van der Waals surface area contributed by atoms with E-state index in [2.05, 4.69) is 26.3 Å². The van der Waals surface area contributed by atoms with Crippen LogP contribution in [0.3, 0.4) is 0 Å². The zero-order valence-corrected chi connectivity index (χ0v) is 20.9. The molecule has 1 saturated carbocycles. The molecule has 3 aliphatic rings. The fourth-order valence-electron chi connectivity index (χ4n) is 4.38. The summed E-state index contributed by atoms with van der Waals surface area (Å²) in [6.45, 7) is 5.17. The first kappa shape index (κ1) is 23.7. The number of nitrogens with two attached hydrogens (primary N) is 1. The summed E-state index contributed by atoms with van der Waals surface area (Å²) in [6, 6.07) is 0. The molecule has 0 radical (unpaired) electrons. The largest absolute Gasteiger partial charge is 0.447 e. The normalized spacial score (nSPS) is 20.1. The molecule has 1 unspecified atom stereocenters. The van der Waals surface area contributed by atoms with Gasteiger partial charge >= 0.3 is 6.09 Å². The number of nitrogens with zero attached hydrogens (tertiary/aromatic N) is 5. The van der Waals surface area contributed by atoms with Crippen molar-refractivity contribution in [2.45, 2.75) is 62.3 Å². The van der Waals surface area contributed by atoms with Gasteiger partial charge in [-0.05, 0) is 63.0 Å². The Hall–Kier alpha value is -3.08. The molecule has 1 aliphatic carbocycles. The maximum absolute atomic E-state index is 12.9. The first-order valence-electron chi connectivity index (χ1n) is 12.0. The Morgan fingerprint density at radius 1 is 1.26 bits per heavy atom. The summed E-state index contributed by atoms with van der Waals surface area (Å²) in [5.74, 6) is 3.13. The van der Waals surface area contributed by atoms with Crippen molar-refractivity contribution in [1.82, 2.24) is 19.9 Å². The van der Waals surface area contributed by atoms with Crippen LogP contribution in [-0.2, 0) is 22.0 Å². The third-order valence-corrected chi connectivity index (χ3v) is 7.97. The van der Waals surface area contributed by atoms with E-state index in [-0.39, 0.29) is 6.61 Å². The highest BCUT2D eigenvalue weighted by Crippen LogP contribution is 2.39. The number of ether oxygens (including phenoxy) is 1. The van der Waals surface area contributed by atoms with Crippen LogP contribution in [0.1, 0.15) is 62.5 Å². The number of aromatic nitrogens is 4. The van der Waals surface area contributed by atoms with Crippen LogP contribution in [0.2, 0.25) is 0 Å². The molecule has 1 atom stereocenters. The molecule has 10 nitrogen and oxygen atoms in total. The van der Waals surface area contributed by atoms with Gasteiger partial charge in [-0.3, -0.25) is 4.21 Å². The highest BCUT2D eigenvalue weighted by molar-refractivity contribution is 7.85. The predicted octanol–water partition coefficient (Wildman–Crippen LogP) is 2.78. The second-order valence-electron chi connectivity index (χ2n) is 9.96. The predicted molar refractivity (Wildman–Crippen MR) is 134 cm³/mol. The van der Waals surface area contributed by atoms with E-state index in [4.69, 9.17) is 20.4 Å². The SMILES string of the molecule is CC(C)(COC(N)=O)Nc1nc(N2CC=C(c3ncc(C4CC4)cn3)CC2)nc2c1S(=O)CCC2. The average molecular weight is 498 g/mol. The van der Waals surface area contributed by atoms with Crippen LogP contribution in [0, 0.1) is 0 Å². The van der Waals surface area contributed by atoms with Gasteiger partial charge in [0.2, 0.25) is 5.95 Å². The van der Waals surface area contributed by atoms with Crippen molar-refractivity contribution in [2.24, 2.45) is 5.73 Å². The first-order valence-corrected chi connectivity index (χ1v) is 13.4. The minimum absolute atomic E-state index is 0.0540. The van der Waals surface area contributed by atoms with Crippen LogP contribution < -0.4 is 16.0 Å². The molecule has 0 saturated heterocycles. The Labute approximate surface area is 207 Å². The zero-order chi connectivity index (χ0) is 24.6. The molecule has 0 bridgehead atoms. The molecule has 2 aromatic heterocycles. The Morgan fingerprint density at radius 2 is 2.03 bits per heavy atom. The van der Waals surface area contributed by atoms with E-state index in [9.17, 15) is 9.00 Å². The number of primary amides is 1. The Morgan fingerprint density at radius 3 is 2.69 bits per heavy atom. The lowest BCUT2D eigenvalue weighted by molar-refractivity contribution is 0.138. The van der Waals surface area contributed by atoms with Crippen molar-refractivity contribution in [2.75, 3.05) is 35.7 Å². The maximum Gasteiger partial charge on any atom is 0.404 e. The molecule has 0 spiro atoms. The Bertz CT molecular complexity index is 1180. The van der Waals surface area contributed by atoms with E-state index in [1.165, 1.54) is 18.4 Å². The van der Waals surface area contributed by atoms with Crippen molar-refractivity contribution in [1.29, 1.82) is 0 Å². The lowest BCUT2D eigenvalue weighted by Gasteiger charge is -2.31. The topological polar surface area (TPSA) is 136 Å². The minimum Gasteiger partial charge on any atom is -0.447 e. The lowest BCUT2D eigenvalue weighted by Crippen LogP contribution is -2.39. The molecule has 5 rings (SSSR count). The number of aryl methyl sites for hydroxylation is 1. The van der Waals surface area contributed by atoms with Crippen molar-refractivity contribution in [3.8, 4) is 0 Å². The van der Waals surface area contributed by atoms with Crippen molar-refractivity contribution >= 4 is 34.2 Å². The van der Waals surface area contributed by atoms with Crippen LogP contribution in [0.5, 0.6) is 0 Å². The molecule has 35 heavy (non-hydrogen) atoms. The molecule has 1 fully saturated rings. The van der Waals surface area contributed by atoms with E-state index < -0.39 is 22.4 Å². The standard InChI is InChI=1S/C24H31N7O3S/c1-24(2,14-34-22(25)32)30-21-19-18(4-3-11-35(19)33)28-23(29-21)31-9-7-16(8-10-31)20-26-12-17(13-27-20)15-5-6-15/h7,12-13,15H,3-6,8-11,14H2,1-2H3,(H2,25,32)(H,28,29,30). The molecule has 2 aliphatic heterocycles. The van der Waals surface area contributed by atoms with Crippen LogP contribution in [0.15, 0.2) is 23.4 Å². The van der Waals surface area contributed by atoms with E-state index in [1.807, 2.05) is 26.2 Å². The van der Waals surface area contributed by atoms with Crippen molar-refractivity contribution in [3.63, 3.8) is 0 Å². The minimum atomic E-state index is -1.19. The van der Waals surface area contributed by atoms with Gasteiger partial charge < -0.3 is 20.7 Å². The molecule has 1 amide bonds. The van der Waals surface area contributed by atoms with Crippen molar-refractivity contribution in [3.05, 3.63) is 35.6 Å². The smallest absolute Gasteiger partial charge is 0.404 e. The summed E-state index contributed by atoms with van der Waals surface area (Å²) in [6.07, 6.45) is 10.0. The van der Waals surface area contributed by atoms with E-state index >= 15 is 0 Å². The number of hydrogen-bond acceptors (Lipinski definition) is 9. The van der Waals surface area contributed by atoms with E-state index in [0.717, 1.165) is 42.9 Å². The van der Waals surface area contributed by atoms with Gasteiger partial charge in [-0.1, -0.05) is 6.08 Å². The number of carbonyl (C=O) groups is 1. The zero-order valence-electron chi connectivity index (χ0n) is 20.1. The molecule has 3 N–H and O–H groups in total. The summed E-state index contributed by atoms with van der Waals surface area (Å²) in [5.41, 5.74) is 7.65. The van der Waals surface area contributed by atoms with Gasteiger partial charge in [0.1, 0.15) is 17.3 Å². The third-order valence-electron chi connectivity index (χ3n) is 6.43. The summed E-state index contributed by atoms with van der Waals surface area (Å²) >= 11 is 0. The summed E-state index contributed by atoms with van der Waals surface area (Å²) in [5, 5.41) is 3.33. The van der Waals surface area contributed by atoms with Crippen LogP contribution in [0.4, 0.5) is 16.6 Å². The molecular weight excluding hydrogens is 466 g/mol. The number of hydrogen-bond donors (Lipinski definition) is 2. The molecular formula is C24H31N7O3S. The van der Waals surface area contributed by atoms with Crippen LogP contribution >= 0.6 is 0 Å². The van der Waals surface area contributed by atoms with E-state index in [1.54, 1.807) is 0 Å². The lowest BCUT2D eigenvalue weighted by atomic mass is 10.1. The molecule has 4 heterocycles. The van der Waals surface area contributed by atoms with Gasteiger partial charge in [0, 0.05) is 31.2 Å². The fraction of sp³-hybridized carbons (Fsp3) is 0.542. The van der Waals surface area contributed by atoms with Gasteiger partial charge in [0.25, 0.3) is 0 Å². The second kappa shape index (κ2) is 9.52. The first-order chi connectivity index (χ1) is 16.8. The molecule has 0 aromatic carbocycles. The Balaban J connectivity index is 1.37. The molecule has 186 valence electrons. The highest BCUT2D eigenvalue weighted by atomic mass is 32.2. The van der Waals surface area contributed by atoms with Gasteiger partial charge in [0.05, 0.1) is 22.0 Å². The van der Waals surface area contributed by atoms with Gasteiger partial charge in [-0.15, -0.1) is 0 Å². The second-order valence-corrected chi connectivity index (χ2v) is 11.5. The number of fused-ring (bicyclic) bond motifs is 1. The van der Waals surface area contributed by atoms with Crippen LogP contribution in [0.25, 0.3) is 5.57 Å². The number of anilines is 2. The number of nitrogens with one attached hydrogen (secondary N) is 1. The number of rotatable bonds is 7. The van der Waals surface area contributed by atoms with Crippen molar-refractivity contribution < 1.29 is 13.7 Å². The highest BCUT2D eigenvalue weighted by Gasteiger charge is 2.30. The van der Waals surface area contributed by atoms with Gasteiger partial charge in [-0.25, -0.2) is 19.7 Å². The number of carbonyl (C=O) groups excluding carboxylic acids is 1. The summed E-state index contributed by atoms with van der Waals surface area (Å²) in [4.78, 5) is 32.6. The maximum atomic E-state index is 12.9. The summed E-state index contributed by atoms with van der Waals surface area (Å²) < 4.78 is 17.9. The monoisotopic (exact) mass is 497 g/mol. The number of amides is 1. The van der Waals surface area contributed by atoms with Gasteiger partial charge in [0.15, 0.2) is 5.82 Å². The molecule has 11 heteroatoms.